The van der Waals surface area contributed by atoms with Gasteiger partial charge in [0.2, 0.25) is 18.0 Å². The number of hydrogen-bond donors (Lipinski definition) is 3. The predicted molar refractivity (Wildman–Crippen MR) is 239 cm³/mol. The number of nitrogens with one attached hydrogen (secondary N) is 1. The lowest BCUT2D eigenvalue weighted by Gasteiger charge is -2.60. The lowest BCUT2D eigenvalue weighted by atomic mass is 9.55. The third-order valence-corrected chi connectivity index (χ3v) is 13.4. The van der Waals surface area contributed by atoms with Crippen molar-refractivity contribution in [1.29, 1.82) is 0 Å². The van der Waals surface area contributed by atoms with Crippen LogP contribution in [0.25, 0.3) is 0 Å². The van der Waals surface area contributed by atoms with Crippen LogP contribution in [-0.4, -0.2) is 77.4 Å². The van der Waals surface area contributed by atoms with Gasteiger partial charge in [-0.25, -0.2) is 9.18 Å². The smallest absolute Gasteiger partial charge is 0.412 e. The van der Waals surface area contributed by atoms with Gasteiger partial charge in [-0.05, 0) is 110 Å². The molecule has 0 radical (unpaired) electrons. The predicted octanol–water partition coefficient (Wildman–Crippen LogP) is 8.71. The molecule has 3 N–H and O–H groups in total. The van der Waals surface area contributed by atoms with Crippen LogP contribution < -0.4 is 14.8 Å². The molecule has 3 fully saturated rings. The SMILES string of the molecule is C=CCOC12Oc3ccc(OC(=O)NCc4ccccc4)cc3C3C(CCCCO)C(CCCCO)C=C(C(=NOC4CCCCO4)CC1N(Cc1ccc(F)cc1)C(=O)C1CC1)C32. The number of carbonyl (C=O) groups is 2. The van der Waals surface area contributed by atoms with Gasteiger partial charge in [-0.2, -0.15) is 0 Å². The number of benzene rings is 3. The van der Waals surface area contributed by atoms with Gasteiger partial charge in [-0.1, -0.05) is 72.6 Å². The van der Waals surface area contributed by atoms with Crippen molar-refractivity contribution < 1.29 is 48.0 Å². The molecule has 64 heavy (non-hydrogen) atoms. The first-order valence-electron chi connectivity index (χ1n) is 23.2. The summed E-state index contributed by atoms with van der Waals surface area (Å²) in [5.41, 5.74) is 4.09. The number of fused-ring (bicyclic) bond motifs is 2. The molecule has 13 heteroatoms. The van der Waals surface area contributed by atoms with Crippen LogP contribution in [-0.2, 0) is 32.2 Å². The van der Waals surface area contributed by atoms with Crippen LogP contribution in [0.15, 0.2) is 102 Å². The highest BCUT2D eigenvalue weighted by Gasteiger charge is 2.66. The highest BCUT2D eigenvalue weighted by molar-refractivity contribution is 6.03. The maximum Gasteiger partial charge on any atom is 0.412 e. The average molecular weight is 880 g/mol. The molecule has 1 saturated heterocycles. The third kappa shape index (κ3) is 10.4. The lowest BCUT2D eigenvalue weighted by molar-refractivity contribution is -0.258. The second kappa shape index (κ2) is 21.3. The first kappa shape index (κ1) is 45.5. The molecule has 2 aliphatic heterocycles. The molecule has 0 aromatic heterocycles. The number of allylic oxidation sites excluding steroid dienone is 1. The second-order valence-electron chi connectivity index (χ2n) is 17.8. The number of oxime groups is 1. The van der Waals surface area contributed by atoms with Gasteiger partial charge in [0.05, 0.1) is 24.8 Å². The molecule has 7 atom stereocenters. The highest BCUT2D eigenvalue weighted by atomic mass is 19.1. The third-order valence-electron chi connectivity index (χ3n) is 13.4. The number of aliphatic hydroxyl groups excluding tert-OH is 2. The Morgan fingerprint density at radius 2 is 1.73 bits per heavy atom. The summed E-state index contributed by atoms with van der Waals surface area (Å²) in [7, 11) is 0. The fraction of sp³-hybridized carbons (Fsp3) is 0.510. The molecule has 0 bridgehead atoms. The number of amides is 2. The number of halogens is 1. The fourth-order valence-corrected chi connectivity index (χ4v) is 10.2. The highest BCUT2D eigenvalue weighted by Crippen LogP contribution is 2.62. The quantitative estimate of drug-likeness (QED) is 0.0576. The first-order valence-corrected chi connectivity index (χ1v) is 23.2. The number of hydrogen-bond acceptors (Lipinski definition) is 10. The van der Waals surface area contributed by atoms with Gasteiger partial charge in [-0.3, -0.25) is 4.79 Å². The summed E-state index contributed by atoms with van der Waals surface area (Å²) in [5, 5.41) is 27.7. The van der Waals surface area contributed by atoms with Gasteiger partial charge in [-0.15, -0.1) is 6.58 Å². The van der Waals surface area contributed by atoms with Crippen molar-refractivity contribution in [2.24, 2.45) is 28.8 Å². The maximum absolute atomic E-state index is 14.8. The zero-order valence-electron chi connectivity index (χ0n) is 36.6. The van der Waals surface area contributed by atoms with Gasteiger partial charge in [0, 0.05) is 56.5 Å². The molecule has 3 aromatic rings. The van der Waals surface area contributed by atoms with E-state index in [1.807, 2.05) is 47.4 Å². The monoisotopic (exact) mass is 879 g/mol. The van der Waals surface area contributed by atoms with E-state index in [-0.39, 0.29) is 68.2 Å². The van der Waals surface area contributed by atoms with Crippen LogP contribution in [0, 0.1) is 29.5 Å². The summed E-state index contributed by atoms with van der Waals surface area (Å²) in [6.45, 7) is 5.34. The molecule has 12 nitrogen and oxygen atoms in total. The maximum atomic E-state index is 14.8. The number of aliphatic hydroxyl groups is 2. The molecular weight excluding hydrogens is 818 g/mol. The zero-order valence-corrected chi connectivity index (χ0v) is 36.6. The van der Waals surface area contributed by atoms with Crippen LogP contribution in [0.3, 0.4) is 0 Å². The number of carbonyl (C=O) groups excluding carboxylic acids is 2. The van der Waals surface area contributed by atoms with E-state index in [9.17, 15) is 24.2 Å². The molecule has 2 heterocycles. The Labute approximate surface area is 375 Å². The molecule has 3 aliphatic carbocycles. The minimum absolute atomic E-state index is 0.0133. The van der Waals surface area contributed by atoms with Crippen LogP contribution >= 0.6 is 0 Å². The Bertz CT molecular complexity index is 2120. The van der Waals surface area contributed by atoms with E-state index in [0.717, 1.165) is 73.6 Å². The van der Waals surface area contributed by atoms with E-state index in [0.29, 0.717) is 49.6 Å². The molecule has 3 aromatic carbocycles. The number of unbranched alkanes of at least 4 members (excludes halogenated alkanes) is 2. The van der Waals surface area contributed by atoms with E-state index in [2.05, 4.69) is 18.0 Å². The van der Waals surface area contributed by atoms with Gasteiger partial charge >= 0.3 is 6.09 Å². The summed E-state index contributed by atoms with van der Waals surface area (Å²) < 4.78 is 40.7. The lowest BCUT2D eigenvalue weighted by Crippen LogP contribution is -2.70. The Hall–Kier alpha value is -5.08. The Kier molecular flexibility index (Phi) is 15.1. The Morgan fingerprint density at radius 1 is 0.953 bits per heavy atom. The molecule has 342 valence electrons. The van der Waals surface area contributed by atoms with Crippen molar-refractivity contribution in [1.82, 2.24) is 10.2 Å². The minimum atomic E-state index is -1.47. The topological polar surface area (TPSA) is 148 Å². The van der Waals surface area contributed by atoms with Crippen molar-refractivity contribution in [2.75, 3.05) is 26.4 Å². The number of ether oxygens (including phenoxy) is 4. The number of nitrogens with zero attached hydrogens (tertiary/aromatic N) is 2. The number of rotatable bonds is 20. The van der Waals surface area contributed by atoms with Crippen molar-refractivity contribution in [3.63, 3.8) is 0 Å². The summed E-state index contributed by atoms with van der Waals surface area (Å²) in [6.07, 6.45) is 11.6. The Morgan fingerprint density at radius 3 is 2.45 bits per heavy atom. The summed E-state index contributed by atoms with van der Waals surface area (Å²) in [5.74, 6) is -2.03. The van der Waals surface area contributed by atoms with Crippen LogP contribution in [0.1, 0.15) is 99.7 Å². The normalized spacial score (nSPS) is 26.4. The van der Waals surface area contributed by atoms with Crippen LogP contribution in [0.5, 0.6) is 11.5 Å². The summed E-state index contributed by atoms with van der Waals surface area (Å²) in [6, 6.07) is 20.5. The van der Waals surface area contributed by atoms with Gasteiger partial charge < -0.3 is 44.2 Å². The van der Waals surface area contributed by atoms with Crippen LogP contribution in [0.2, 0.25) is 0 Å². The Balaban J connectivity index is 1.28. The fourth-order valence-electron chi connectivity index (χ4n) is 10.2. The van der Waals surface area contributed by atoms with E-state index in [4.69, 9.17) is 28.9 Å². The summed E-state index contributed by atoms with van der Waals surface area (Å²) >= 11 is 0. The van der Waals surface area contributed by atoms with Gasteiger partial charge in [0.1, 0.15) is 23.4 Å². The van der Waals surface area contributed by atoms with Crippen molar-refractivity contribution >= 4 is 17.7 Å². The van der Waals surface area contributed by atoms with Gasteiger partial charge in [0.15, 0.2) is 0 Å². The standard InChI is InChI=1S/C51H62FN3O9/c1-2-27-61-51-45(55(49(58)36-19-20-36)33-35-17-21-38(52)22-18-35)31-43(54-64-46-16-8-11-28-60-46)41-29-37(14-6-9-25-56)40(15-7-10-26-57)47(48(41)51)42-30-39(23-24-44(42)63-51)62-50(59)53-32-34-12-4-3-5-13-34/h2-5,12-13,17-18,21-24,29-30,36-37,40,45-48,56-57H,1,6-11,14-16,19-20,25-28,31-33H2,(H,53,59). The molecule has 2 amide bonds. The average Bonchev–Trinajstić information content (AvgIpc) is 4.17. The van der Waals surface area contributed by atoms with Crippen molar-refractivity contribution in [3.8, 4) is 11.5 Å². The zero-order chi connectivity index (χ0) is 44.5. The van der Waals surface area contributed by atoms with E-state index >= 15 is 0 Å². The summed E-state index contributed by atoms with van der Waals surface area (Å²) in [4.78, 5) is 36.3. The van der Waals surface area contributed by atoms with Gasteiger partial charge in [0.25, 0.3) is 0 Å². The largest absolute Gasteiger partial charge is 0.459 e. The molecular formula is C51H62FN3O9. The molecule has 5 aliphatic rings. The van der Waals surface area contributed by atoms with E-state index < -0.39 is 30.1 Å². The molecule has 7 unspecified atom stereocenters. The van der Waals surface area contributed by atoms with Crippen LogP contribution in [0.4, 0.5) is 9.18 Å². The molecule has 0 spiro atoms. The van der Waals surface area contributed by atoms with Crippen molar-refractivity contribution in [3.05, 3.63) is 120 Å². The minimum Gasteiger partial charge on any atom is -0.459 e. The second-order valence-corrected chi connectivity index (χ2v) is 17.8. The first-order chi connectivity index (χ1) is 31.3. The van der Waals surface area contributed by atoms with Crippen molar-refractivity contribution in [2.45, 2.75) is 114 Å². The molecule has 8 rings (SSSR count). The molecule has 2 saturated carbocycles. The van der Waals surface area contributed by atoms with E-state index in [1.165, 1.54) is 12.1 Å². The van der Waals surface area contributed by atoms with E-state index in [1.54, 1.807) is 24.3 Å².